The number of hydrogen-bond acceptors (Lipinski definition) is 3. The zero-order valence-corrected chi connectivity index (χ0v) is 20.7. The quantitative estimate of drug-likeness (QED) is 0.413. The van der Waals surface area contributed by atoms with Crippen LogP contribution in [0.25, 0.3) is 0 Å². The van der Waals surface area contributed by atoms with Crippen LogP contribution in [-0.4, -0.2) is 31.3 Å². The van der Waals surface area contributed by atoms with Crippen LogP contribution in [-0.2, 0) is 12.8 Å². The highest BCUT2D eigenvalue weighted by Crippen LogP contribution is 2.39. The van der Waals surface area contributed by atoms with Crippen molar-refractivity contribution in [3.05, 3.63) is 38.3 Å². The first-order valence-corrected chi connectivity index (χ1v) is 12.6. The van der Waals surface area contributed by atoms with Gasteiger partial charge in [0.25, 0.3) is 5.66 Å². The fourth-order valence-corrected chi connectivity index (χ4v) is 5.86. The van der Waals surface area contributed by atoms with E-state index in [1.165, 1.54) is 29.4 Å². The minimum absolute atomic E-state index is 0.00924. The number of carbonyl (C=O) groups is 1. The molecule has 1 aliphatic carbocycles. The Morgan fingerprint density at radius 1 is 1.29 bits per heavy atom. The van der Waals surface area contributed by atoms with E-state index in [1.807, 2.05) is 6.92 Å². The van der Waals surface area contributed by atoms with Gasteiger partial charge in [-0.3, -0.25) is 5.32 Å². The number of carbonyl (C=O) groups excluding carboxylic acids is 1. The second-order valence-electron chi connectivity index (χ2n) is 8.46. The molecule has 0 radical (unpaired) electrons. The number of nitrogens with one attached hydrogen (secondary N) is 3. The smallest absolute Gasteiger partial charge is 0.320 e. The van der Waals surface area contributed by atoms with E-state index in [2.05, 4.69) is 22.9 Å². The molecule has 0 saturated heterocycles. The van der Waals surface area contributed by atoms with Crippen molar-refractivity contribution in [1.82, 2.24) is 10.6 Å². The van der Waals surface area contributed by atoms with Gasteiger partial charge in [0.2, 0.25) is 0 Å². The SMILES string of the molecule is CCCCC1=C(/C(CNC(=O)Nc2sc3c(c2C)CCC3)=C(\C)C(F)(F)P)CCNC1. The molecular formula is C23H34F2N3OPS. The maximum absolute atomic E-state index is 14.3. The Kier molecular flexibility index (Phi) is 8.28. The predicted molar refractivity (Wildman–Crippen MR) is 129 cm³/mol. The zero-order chi connectivity index (χ0) is 22.6. The third-order valence-electron chi connectivity index (χ3n) is 6.30. The van der Waals surface area contributed by atoms with Gasteiger partial charge in [0.05, 0.1) is 5.00 Å². The number of anilines is 1. The molecule has 0 spiro atoms. The van der Waals surface area contributed by atoms with Crippen LogP contribution in [0.2, 0.25) is 0 Å². The number of aryl methyl sites for hydroxylation is 1. The Balaban J connectivity index is 1.78. The minimum atomic E-state index is -3.01. The molecule has 2 heterocycles. The van der Waals surface area contributed by atoms with E-state index in [-0.39, 0.29) is 18.1 Å². The van der Waals surface area contributed by atoms with Crippen LogP contribution in [0.3, 0.4) is 0 Å². The molecule has 1 atom stereocenters. The van der Waals surface area contributed by atoms with Gasteiger partial charge in [-0.25, -0.2) is 4.79 Å². The lowest BCUT2D eigenvalue weighted by molar-refractivity contribution is 0.145. The fourth-order valence-electron chi connectivity index (χ4n) is 4.39. The zero-order valence-electron chi connectivity index (χ0n) is 18.7. The van der Waals surface area contributed by atoms with Crippen LogP contribution in [0.5, 0.6) is 0 Å². The van der Waals surface area contributed by atoms with Gasteiger partial charge in [-0.1, -0.05) is 28.2 Å². The third-order valence-corrected chi connectivity index (χ3v) is 8.05. The van der Waals surface area contributed by atoms with E-state index in [9.17, 15) is 13.6 Å². The number of hydrogen-bond donors (Lipinski definition) is 3. The molecule has 0 aromatic carbocycles. The van der Waals surface area contributed by atoms with Crippen molar-refractivity contribution in [2.24, 2.45) is 0 Å². The number of allylic oxidation sites excluding steroid dienone is 1. The van der Waals surface area contributed by atoms with Crippen LogP contribution < -0.4 is 16.0 Å². The summed E-state index contributed by atoms with van der Waals surface area (Å²) in [6.45, 7) is 7.22. The lowest BCUT2D eigenvalue weighted by Crippen LogP contribution is -2.34. The average molecular weight is 470 g/mol. The summed E-state index contributed by atoms with van der Waals surface area (Å²) in [5, 5.41) is 10.0. The Morgan fingerprint density at radius 2 is 2.06 bits per heavy atom. The van der Waals surface area contributed by atoms with Crippen LogP contribution in [0.1, 0.15) is 62.0 Å². The molecular weight excluding hydrogens is 435 g/mol. The molecule has 172 valence electrons. The van der Waals surface area contributed by atoms with Crippen molar-refractivity contribution in [3.63, 3.8) is 0 Å². The summed E-state index contributed by atoms with van der Waals surface area (Å²) in [6, 6.07) is -0.343. The lowest BCUT2D eigenvalue weighted by atomic mass is 9.88. The number of urea groups is 1. The summed E-state index contributed by atoms with van der Waals surface area (Å²) < 4.78 is 28.5. The Morgan fingerprint density at radius 3 is 2.74 bits per heavy atom. The summed E-state index contributed by atoms with van der Waals surface area (Å²) >= 11 is 1.63. The number of halogens is 2. The van der Waals surface area contributed by atoms with E-state index in [4.69, 9.17) is 0 Å². The van der Waals surface area contributed by atoms with E-state index < -0.39 is 5.66 Å². The van der Waals surface area contributed by atoms with E-state index >= 15 is 0 Å². The first-order chi connectivity index (χ1) is 14.7. The van der Waals surface area contributed by atoms with Gasteiger partial charge >= 0.3 is 6.03 Å². The van der Waals surface area contributed by atoms with E-state index in [0.717, 1.165) is 61.3 Å². The topological polar surface area (TPSA) is 53.2 Å². The highest BCUT2D eigenvalue weighted by atomic mass is 32.1. The van der Waals surface area contributed by atoms with Gasteiger partial charge in [0.1, 0.15) is 0 Å². The van der Waals surface area contributed by atoms with Gasteiger partial charge in [0.15, 0.2) is 0 Å². The van der Waals surface area contributed by atoms with Crippen LogP contribution in [0, 0.1) is 6.92 Å². The van der Waals surface area contributed by atoms with Crippen molar-refractivity contribution in [1.29, 1.82) is 0 Å². The summed E-state index contributed by atoms with van der Waals surface area (Å²) in [6.07, 6.45) is 6.99. The molecule has 3 rings (SSSR count). The summed E-state index contributed by atoms with van der Waals surface area (Å²) in [5.74, 6) is 0. The maximum Gasteiger partial charge on any atom is 0.320 e. The number of alkyl halides is 2. The molecule has 8 heteroatoms. The molecule has 0 fully saturated rings. The lowest BCUT2D eigenvalue weighted by Gasteiger charge is -2.27. The number of fused-ring (bicyclic) bond motifs is 1. The molecule has 2 amide bonds. The second-order valence-corrected chi connectivity index (χ2v) is 10.3. The van der Waals surface area contributed by atoms with Crippen molar-refractivity contribution in [3.8, 4) is 0 Å². The highest BCUT2D eigenvalue weighted by molar-refractivity contribution is 7.18. The van der Waals surface area contributed by atoms with Crippen LogP contribution in [0.4, 0.5) is 18.6 Å². The van der Waals surface area contributed by atoms with Crippen molar-refractivity contribution in [2.45, 2.75) is 71.4 Å². The molecule has 1 aromatic heterocycles. The highest BCUT2D eigenvalue weighted by Gasteiger charge is 2.30. The molecule has 4 nitrogen and oxygen atoms in total. The summed E-state index contributed by atoms with van der Waals surface area (Å²) in [7, 11) is 1.64. The summed E-state index contributed by atoms with van der Waals surface area (Å²) in [4.78, 5) is 14.0. The van der Waals surface area contributed by atoms with Crippen molar-refractivity contribution < 1.29 is 13.6 Å². The minimum Gasteiger partial charge on any atom is -0.334 e. The van der Waals surface area contributed by atoms with Crippen LogP contribution >= 0.6 is 20.6 Å². The number of amides is 2. The normalized spacial score (nSPS) is 17.5. The Labute approximate surface area is 190 Å². The van der Waals surface area contributed by atoms with E-state index in [0.29, 0.717) is 12.0 Å². The van der Waals surface area contributed by atoms with Crippen molar-refractivity contribution >= 4 is 31.6 Å². The number of rotatable bonds is 8. The fraction of sp³-hybridized carbons (Fsp3) is 0.609. The molecule has 1 aliphatic heterocycles. The molecule has 2 aliphatic rings. The van der Waals surface area contributed by atoms with Gasteiger partial charge < -0.3 is 10.6 Å². The molecule has 0 saturated carbocycles. The first kappa shape index (κ1) is 24.3. The van der Waals surface area contributed by atoms with E-state index in [1.54, 1.807) is 20.6 Å². The predicted octanol–water partition coefficient (Wildman–Crippen LogP) is 5.93. The molecule has 3 N–H and O–H groups in total. The van der Waals surface area contributed by atoms with Crippen LogP contribution in [0.15, 0.2) is 22.3 Å². The summed E-state index contributed by atoms with van der Waals surface area (Å²) in [5.41, 5.74) is 2.23. The second kappa shape index (κ2) is 10.5. The van der Waals surface area contributed by atoms with Gasteiger partial charge in [-0.05, 0) is 81.2 Å². The molecule has 1 unspecified atom stereocenters. The molecule has 0 bridgehead atoms. The Hall–Kier alpha value is -1.30. The maximum atomic E-state index is 14.3. The van der Waals surface area contributed by atoms with Gasteiger partial charge in [0, 0.05) is 23.5 Å². The van der Waals surface area contributed by atoms with Crippen molar-refractivity contribution in [2.75, 3.05) is 25.0 Å². The Bertz CT molecular complexity index is 886. The molecule has 1 aromatic rings. The molecule has 31 heavy (non-hydrogen) atoms. The van der Waals surface area contributed by atoms with Gasteiger partial charge in [-0.15, -0.1) is 11.3 Å². The largest absolute Gasteiger partial charge is 0.334 e. The standard InChI is InChI=1S/C23H34F2N3OPS/c1-4-5-7-16-12-26-11-10-18(16)19(15(3)23(24,25)30)13-27-22(29)28-21-14(2)17-8-6-9-20(17)31-21/h26H,4-13,30H2,1-3H3,(H2,27,28,29)/b19-15+. The average Bonchev–Trinajstić information content (AvgIpc) is 3.29. The third kappa shape index (κ3) is 5.94. The number of thiophene rings is 1. The van der Waals surface area contributed by atoms with Gasteiger partial charge in [-0.2, -0.15) is 8.78 Å². The first-order valence-electron chi connectivity index (χ1n) is 11.2. The monoisotopic (exact) mass is 469 g/mol. The number of unbranched alkanes of at least 4 members (excludes halogenated alkanes) is 1.